The first kappa shape index (κ1) is 20.6. The van der Waals surface area contributed by atoms with Gasteiger partial charge in [-0.15, -0.1) is 0 Å². The minimum absolute atomic E-state index is 0.115. The smallest absolute Gasteiger partial charge is 0.277 e. The summed E-state index contributed by atoms with van der Waals surface area (Å²) < 4.78 is 5.70. The first-order chi connectivity index (χ1) is 15.0. The predicted octanol–water partition coefficient (Wildman–Crippen LogP) is 4.31. The summed E-state index contributed by atoms with van der Waals surface area (Å²) in [5.74, 6) is -0.598. The number of nitrogens with zero attached hydrogens (tertiary/aromatic N) is 2. The van der Waals surface area contributed by atoms with Crippen molar-refractivity contribution in [2.24, 2.45) is 0 Å². The van der Waals surface area contributed by atoms with E-state index in [-0.39, 0.29) is 24.5 Å². The van der Waals surface area contributed by atoms with Crippen molar-refractivity contribution in [3.63, 3.8) is 0 Å². The van der Waals surface area contributed by atoms with Crippen molar-refractivity contribution in [1.29, 1.82) is 0 Å². The molecule has 5 rings (SSSR count). The molecule has 31 heavy (non-hydrogen) atoms. The quantitative estimate of drug-likeness (QED) is 0.643. The van der Waals surface area contributed by atoms with Crippen LogP contribution in [-0.4, -0.2) is 47.4 Å². The topological polar surface area (TPSA) is 49.9 Å². The number of fused-ring (bicyclic) bond motifs is 1. The zero-order chi connectivity index (χ0) is 21.5. The summed E-state index contributed by atoms with van der Waals surface area (Å²) in [4.78, 5) is 30.4. The summed E-state index contributed by atoms with van der Waals surface area (Å²) in [7, 11) is 0. The summed E-state index contributed by atoms with van der Waals surface area (Å²) in [6.45, 7) is 2.17. The lowest BCUT2D eigenvalue weighted by molar-refractivity contribution is -0.139. The Hall–Kier alpha value is -2.34. The average molecular weight is 457 g/mol. The molecule has 0 radical (unpaired) electrons. The zero-order valence-corrected chi connectivity index (χ0v) is 18.5. The van der Waals surface area contributed by atoms with Gasteiger partial charge < -0.3 is 9.64 Å². The third-order valence-corrected chi connectivity index (χ3v) is 6.75. The van der Waals surface area contributed by atoms with Crippen LogP contribution in [0.5, 0.6) is 0 Å². The Bertz CT molecular complexity index is 1090. The predicted molar refractivity (Wildman–Crippen MR) is 120 cm³/mol. The van der Waals surface area contributed by atoms with Crippen LogP contribution in [0.15, 0.2) is 48.2 Å². The second kappa shape index (κ2) is 8.30. The molecule has 7 heteroatoms. The van der Waals surface area contributed by atoms with Gasteiger partial charge in [0.1, 0.15) is 5.70 Å². The molecular weight excluding hydrogens is 435 g/mol. The summed E-state index contributed by atoms with van der Waals surface area (Å²) in [6.07, 6.45) is 2.49. The van der Waals surface area contributed by atoms with E-state index in [4.69, 9.17) is 27.9 Å². The van der Waals surface area contributed by atoms with Crippen LogP contribution in [0.1, 0.15) is 29.5 Å². The van der Waals surface area contributed by atoms with Crippen LogP contribution in [0.4, 0.5) is 0 Å². The van der Waals surface area contributed by atoms with Gasteiger partial charge in [0.15, 0.2) is 0 Å². The lowest BCUT2D eigenvalue weighted by atomic mass is 9.98. The zero-order valence-electron chi connectivity index (χ0n) is 16.9. The normalized spacial score (nSPS) is 21.3. The maximum absolute atomic E-state index is 13.6. The maximum atomic E-state index is 13.6. The third-order valence-electron chi connectivity index (χ3n) is 6.20. The number of imide groups is 1. The van der Waals surface area contributed by atoms with Crippen molar-refractivity contribution in [1.82, 2.24) is 9.80 Å². The fourth-order valence-corrected chi connectivity index (χ4v) is 5.14. The van der Waals surface area contributed by atoms with Crippen molar-refractivity contribution >= 4 is 40.6 Å². The molecule has 0 aromatic heterocycles. The van der Waals surface area contributed by atoms with Gasteiger partial charge >= 0.3 is 0 Å². The number of hydrogen-bond acceptors (Lipinski definition) is 4. The molecule has 160 valence electrons. The number of carbonyl (C=O) groups is 2. The van der Waals surface area contributed by atoms with Gasteiger partial charge in [-0.2, -0.15) is 0 Å². The molecule has 1 fully saturated rings. The minimum atomic E-state index is -0.321. The third kappa shape index (κ3) is 3.75. The maximum Gasteiger partial charge on any atom is 0.277 e. The summed E-state index contributed by atoms with van der Waals surface area (Å²) in [5, 5.41) is 0.841. The molecule has 5 nitrogen and oxygen atoms in total. The molecule has 0 N–H and O–H groups in total. The van der Waals surface area contributed by atoms with E-state index >= 15 is 0 Å². The number of hydrogen-bond donors (Lipinski definition) is 0. The SMILES string of the molecule is O=C1C(c2ccc(Cl)cc2Cl)=C(N2CCc3ccccc3C2)C(=O)N1CC1CCCO1. The number of halogens is 2. The summed E-state index contributed by atoms with van der Waals surface area (Å²) >= 11 is 12.6. The van der Waals surface area contributed by atoms with Crippen molar-refractivity contribution in [3.05, 3.63) is 74.9 Å². The number of benzene rings is 2. The molecule has 2 aromatic carbocycles. The van der Waals surface area contributed by atoms with E-state index in [0.29, 0.717) is 46.6 Å². The lowest BCUT2D eigenvalue weighted by Crippen LogP contribution is -2.40. The Kier molecular flexibility index (Phi) is 5.51. The Morgan fingerprint density at radius 2 is 1.84 bits per heavy atom. The minimum Gasteiger partial charge on any atom is -0.376 e. The molecule has 2 aromatic rings. The average Bonchev–Trinajstić information content (AvgIpc) is 3.36. The van der Waals surface area contributed by atoms with E-state index in [1.165, 1.54) is 16.0 Å². The number of amides is 2. The van der Waals surface area contributed by atoms with Crippen LogP contribution in [-0.2, 0) is 27.3 Å². The monoisotopic (exact) mass is 456 g/mol. The van der Waals surface area contributed by atoms with E-state index in [9.17, 15) is 9.59 Å². The molecule has 2 amide bonds. The first-order valence-corrected chi connectivity index (χ1v) is 11.3. The Morgan fingerprint density at radius 3 is 2.58 bits per heavy atom. The van der Waals surface area contributed by atoms with Crippen molar-refractivity contribution in [2.75, 3.05) is 19.7 Å². The van der Waals surface area contributed by atoms with Crippen LogP contribution in [0.2, 0.25) is 10.0 Å². The molecule has 3 aliphatic rings. The van der Waals surface area contributed by atoms with Gasteiger partial charge in [0.2, 0.25) is 0 Å². The summed E-state index contributed by atoms with van der Waals surface area (Å²) in [5.41, 5.74) is 3.75. The molecule has 0 spiro atoms. The molecule has 3 heterocycles. The molecule has 0 aliphatic carbocycles. The number of ether oxygens (including phenoxy) is 1. The standard InChI is InChI=1S/C24H22Cl2N2O3/c25-17-7-8-19(20(26)12-17)21-22(27-10-9-15-4-1-2-5-16(15)13-27)24(30)28(23(21)29)14-18-6-3-11-31-18/h1-2,4-5,7-8,12,18H,3,6,9-11,13-14H2. The Morgan fingerprint density at radius 1 is 1.03 bits per heavy atom. The second-order valence-corrected chi connectivity index (χ2v) is 8.99. The highest BCUT2D eigenvalue weighted by Crippen LogP contribution is 2.38. The molecule has 1 saturated heterocycles. The van der Waals surface area contributed by atoms with Crippen LogP contribution in [0, 0.1) is 0 Å². The van der Waals surface area contributed by atoms with Crippen LogP contribution in [0.25, 0.3) is 5.57 Å². The Labute approximate surface area is 191 Å². The van der Waals surface area contributed by atoms with Gasteiger partial charge in [0.05, 0.1) is 23.2 Å². The van der Waals surface area contributed by atoms with E-state index in [1.807, 2.05) is 17.0 Å². The largest absolute Gasteiger partial charge is 0.376 e. The molecule has 1 unspecified atom stereocenters. The van der Waals surface area contributed by atoms with Crippen LogP contribution >= 0.6 is 23.2 Å². The van der Waals surface area contributed by atoms with Gasteiger partial charge in [0, 0.05) is 30.3 Å². The van der Waals surface area contributed by atoms with Crippen LogP contribution in [0.3, 0.4) is 0 Å². The van der Waals surface area contributed by atoms with E-state index < -0.39 is 0 Å². The van der Waals surface area contributed by atoms with Gasteiger partial charge in [0.25, 0.3) is 11.8 Å². The molecule has 3 aliphatic heterocycles. The summed E-state index contributed by atoms with van der Waals surface area (Å²) in [6, 6.07) is 13.2. The van der Waals surface area contributed by atoms with E-state index in [2.05, 4.69) is 12.1 Å². The Balaban J connectivity index is 1.56. The number of carbonyl (C=O) groups excluding carboxylic acids is 2. The van der Waals surface area contributed by atoms with E-state index in [0.717, 1.165) is 19.3 Å². The van der Waals surface area contributed by atoms with Gasteiger partial charge in [-0.3, -0.25) is 14.5 Å². The van der Waals surface area contributed by atoms with Crippen LogP contribution < -0.4 is 0 Å². The first-order valence-electron chi connectivity index (χ1n) is 10.5. The van der Waals surface area contributed by atoms with Gasteiger partial charge in [-0.25, -0.2) is 0 Å². The van der Waals surface area contributed by atoms with Gasteiger partial charge in [-0.1, -0.05) is 53.5 Å². The molecular formula is C24H22Cl2N2O3. The molecule has 0 bridgehead atoms. The molecule has 0 saturated carbocycles. The highest BCUT2D eigenvalue weighted by atomic mass is 35.5. The highest BCUT2D eigenvalue weighted by Gasteiger charge is 2.43. The molecule has 1 atom stereocenters. The van der Waals surface area contributed by atoms with Crippen molar-refractivity contribution < 1.29 is 14.3 Å². The van der Waals surface area contributed by atoms with Crippen molar-refractivity contribution in [3.8, 4) is 0 Å². The van der Waals surface area contributed by atoms with E-state index in [1.54, 1.807) is 18.2 Å². The van der Waals surface area contributed by atoms with Gasteiger partial charge in [-0.05, 0) is 42.5 Å². The lowest BCUT2D eigenvalue weighted by Gasteiger charge is -2.31. The van der Waals surface area contributed by atoms with Crippen molar-refractivity contribution in [2.45, 2.75) is 31.9 Å². The fourth-order valence-electron chi connectivity index (χ4n) is 4.64. The fraction of sp³-hybridized carbons (Fsp3) is 0.333. The number of rotatable bonds is 4. The second-order valence-electron chi connectivity index (χ2n) is 8.14. The highest BCUT2D eigenvalue weighted by molar-refractivity contribution is 6.41.